The molecule has 36 heavy (non-hydrogen) atoms. The fraction of sp³-hybridized carbons (Fsp3) is 0.536. The van der Waals surface area contributed by atoms with Gasteiger partial charge in [-0.25, -0.2) is 4.79 Å². The lowest BCUT2D eigenvalue weighted by Gasteiger charge is -2.39. The Morgan fingerprint density at radius 1 is 1.11 bits per heavy atom. The van der Waals surface area contributed by atoms with Crippen molar-refractivity contribution in [3.05, 3.63) is 45.7 Å². The van der Waals surface area contributed by atoms with Gasteiger partial charge in [0, 0.05) is 37.3 Å². The maximum Gasteiger partial charge on any atom is 0.343 e. The fourth-order valence-electron chi connectivity index (χ4n) is 4.55. The lowest BCUT2D eigenvalue weighted by Crippen LogP contribution is -2.33. The van der Waals surface area contributed by atoms with Crippen LogP contribution in [0.3, 0.4) is 0 Å². The third kappa shape index (κ3) is 6.28. The molecule has 1 N–H and O–H groups in total. The molecule has 196 valence electrons. The van der Waals surface area contributed by atoms with Gasteiger partial charge in [0.1, 0.15) is 5.56 Å². The molecule has 0 aliphatic carbocycles. The molecule has 8 heteroatoms. The zero-order chi connectivity index (χ0) is 26.5. The first-order valence-corrected chi connectivity index (χ1v) is 12.6. The van der Waals surface area contributed by atoms with Gasteiger partial charge in [0.15, 0.2) is 16.9 Å². The van der Waals surface area contributed by atoms with Crippen molar-refractivity contribution in [1.29, 1.82) is 0 Å². The SMILES string of the molecule is CCOC(=O)c1cn2c(cc1=O)-c1cc(OC)c(OCCCCCNC(C)=O)cc1CC2C(C)(C)C. The van der Waals surface area contributed by atoms with Gasteiger partial charge in [-0.2, -0.15) is 0 Å². The number of carbonyl (C=O) groups excluding carboxylic acids is 2. The van der Waals surface area contributed by atoms with Crippen molar-refractivity contribution < 1.29 is 23.8 Å². The van der Waals surface area contributed by atoms with E-state index in [9.17, 15) is 14.4 Å². The number of hydrogen-bond acceptors (Lipinski definition) is 6. The number of aromatic nitrogens is 1. The lowest BCUT2D eigenvalue weighted by molar-refractivity contribution is -0.118. The van der Waals surface area contributed by atoms with Crippen molar-refractivity contribution in [3.63, 3.8) is 0 Å². The molecule has 0 radical (unpaired) electrons. The minimum absolute atomic E-state index is 0.0143. The molecule has 1 unspecified atom stereocenters. The summed E-state index contributed by atoms with van der Waals surface area (Å²) in [6.45, 7) is 11.1. The Hall–Kier alpha value is -3.29. The van der Waals surface area contributed by atoms with Gasteiger partial charge in [-0.15, -0.1) is 0 Å². The van der Waals surface area contributed by atoms with Crippen LogP contribution in [0, 0.1) is 5.41 Å². The van der Waals surface area contributed by atoms with E-state index in [0.29, 0.717) is 31.1 Å². The molecule has 0 saturated carbocycles. The average Bonchev–Trinajstić information content (AvgIpc) is 2.81. The summed E-state index contributed by atoms with van der Waals surface area (Å²) < 4.78 is 18.9. The number of unbranched alkanes of at least 4 members (excludes halogenated alkanes) is 2. The number of hydrogen-bond donors (Lipinski definition) is 1. The maximum atomic E-state index is 12.9. The molecule has 3 rings (SSSR count). The van der Waals surface area contributed by atoms with E-state index < -0.39 is 5.97 Å². The van der Waals surface area contributed by atoms with Crippen LogP contribution in [0.15, 0.2) is 29.2 Å². The van der Waals surface area contributed by atoms with E-state index in [2.05, 4.69) is 26.1 Å². The Morgan fingerprint density at radius 3 is 2.50 bits per heavy atom. The zero-order valence-electron chi connectivity index (χ0n) is 22.2. The van der Waals surface area contributed by atoms with Gasteiger partial charge in [0.2, 0.25) is 5.91 Å². The normalized spacial score (nSPS) is 14.4. The molecule has 0 saturated heterocycles. The number of pyridine rings is 1. The van der Waals surface area contributed by atoms with Gasteiger partial charge in [-0.05, 0) is 55.7 Å². The van der Waals surface area contributed by atoms with E-state index in [1.54, 1.807) is 20.2 Å². The third-order valence-corrected chi connectivity index (χ3v) is 6.44. The summed E-state index contributed by atoms with van der Waals surface area (Å²) >= 11 is 0. The largest absolute Gasteiger partial charge is 0.493 e. The molecule has 1 aromatic heterocycles. The van der Waals surface area contributed by atoms with E-state index >= 15 is 0 Å². The van der Waals surface area contributed by atoms with Crippen LogP contribution in [0.2, 0.25) is 0 Å². The lowest BCUT2D eigenvalue weighted by atomic mass is 9.78. The molecule has 1 aromatic carbocycles. The molecular formula is C28H38N2O6. The third-order valence-electron chi connectivity index (χ3n) is 6.44. The number of ether oxygens (including phenoxy) is 3. The van der Waals surface area contributed by atoms with Crippen molar-refractivity contribution in [1.82, 2.24) is 9.88 Å². The number of rotatable bonds is 10. The highest BCUT2D eigenvalue weighted by molar-refractivity contribution is 5.89. The molecule has 8 nitrogen and oxygen atoms in total. The standard InChI is InChI=1S/C28H38N2O6/c1-7-35-27(33)21-17-30-22(16-23(21)32)20-15-24(34-6)25(13-19(20)14-26(30)28(3,4)5)36-12-10-8-9-11-29-18(2)31/h13,15-17,26H,7-12,14H2,1-6H3,(H,29,31). The summed E-state index contributed by atoms with van der Waals surface area (Å²) in [5.74, 6) is 0.647. The highest BCUT2D eigenvalue weighted by atomic mass is 16.5. The van der Waals surface area contributed by atoms with Crippen molar-refractivity contribution in [2.45, 2.75) is 66.3 Å². The molecule has 1 aliphatic rings. The number of amides is 1. The Balaban J connectivity index is 1.91. The number of benzene rings is 1. The molecule has 0 spiro atoms. The molecule has 1 atom stereocenters. The van der Waals surface area contributed by atoms with E-state index in [1.165, 1.54) is 13.0 Å². The minimum Gasteiger partial charge on any atom is -0.493 e. The quantitative estimate of drug-likeness (QED) is 0.382. The van der Waals surface area contributed by atoms with Crippen LogP contribution in [0.4, 0.5) is 0 Å². The predicted octanol–water partition coefficient (Wildman–Crippen LogP) is 4.53. The van der Waals surface area contributed by atoms with E-state index in [1.807, 2.05) is 16.7 Å². The van der Waals surface area contributed by atoms with Crippen LogP contribution in [0.25, 0.3) is 11.3 Å². The number of esters is 1. The van der Waals surface area contributed by atoms with Gasteiger partial charge < -0.3 is 24.1 Å². The van der Waals surface area contributed by atoms with Crippen LogP contribution in [0.5, 0.6) is 11.5 Å². The molecule has 0 fully saturated rings. The van der Waals surface area contributed by atoms with E-state index in [4.69, 9.17) is 14.2 Å². The van der Waals surface area contributed by atoms with Gasteiger partial charge in [0.25, 0.3) is 0 Å². The Morgan fingerprint density at radius 2 is 1.86 bits per heavy atom. The molecule has 0 bridgehead atoms. The second-order valence-corrected chi connectivity index (χ2v) is 10.2. The van der Waals surface area contributed by atoms with Crippen LogP contribution in [-0.2, 0) is 16.0 Å². The highest BCUT2D eigenvalue weighted by Crippen LogP contribution is 2.45. The van der Waals surface area contributed by atoms with Gasteiger partial charge in [-0.1, -0.05) is 20.8 Å². The fourth-order valence-corrected chi connectivity index (χ4v) is 4.55. The van der Waals surface area contributed by atoms with E-state index in [-0.39, 0.29) is 35.0 Å². The molecular weight excluding hydrogens is 460 g/mol. The van der Waals surface area contributed by atoms with E-state index in [0.717, 1.165) is 36.1 Å². The van der Waals surface area contributed by atoms with Gasteiger partial charge in [0.05, 0.1) is 26.0 Å². The number of carbonyl (C=O) groups is 2. The first kappa shape index (κ1) is 27.3. The van der Waals surface area contributed by atoms with Crippen LogP contribution < -0.4 is 20.2 Å². The van der Waals surface area contributed by atoms with Crippen molar-refractivity contribution >= 4 is 11.9 Å². The summed E-state index contributed by atoms with van der Waals surface area (Å²) in [5, 5.41) is 2.80. The van der Waals surface area contributed by atoms with Crippen molar-refractivity contribution in [2.75, 3.05) is 26.9 Å². The first-order chi connectivity index (χ1) is 17.1. The second kappa shape index (κ2) is 11.6. The molecule has 2 aromatic rings. The number of nitrogens with one attached hydrogen (secondary N) is 1. The minimum atomic E-state index is -0.602. The number of methoxy groups -OCH3 is 1. The average molecular weight is 499 g/mol. The van der Waals surface area contributed by atoms with Crippen LogP contribution in [-0.4, -0.2) is 43.3 Å². The summed E-state index contributed by atoms with van der Waals surface area (Å²) in [6.07, 6.45) is 5.06. The number of nitrogens with zero attached hydrogens (tertiary/aromatic N) is 1. The zero-order valence-corrected chi connectivity index (χ0v) is 22.2. The van der Waals surface area contributed by atoms with Gasteiger partial charge >= 0.3 is 5.97 Å². The Kier molecular flexibility index (Phi) is 8.82. The van der Waals surface area contributed by atoms with Crippen molar-refractivity contribution in [2.24, 2.45) is 5.41 Å². The highest BCUT2D eigenvalue weighted by Gasteiger charge is 2.34. The molecule has 1 amide bonds. The first-order valence-electron chi connectivity index (χ1n) is 12.6. The summed E-state index contributed by atoms with van der Waals surface area (Å²) in [5.41, 5.74) is 2.25. The van der Waals surface area contributed by atoms with Crippen molar-refractivity contribution in [3.8, 4) is 22.8 Å². The van der Waals surface area contributed by atoms with Crippen LogP contribution in [0.1, 0.15) is 75.8 Å². The summed E-state index contributed by atoms with van der Waals surface area (Å²) in [7, 11) is 1.60. The monoisotopic (exact) mass is 498 g/mol. The predicted molar refractivity (Wildman–Crippen MR) is 139 cm³/mol. The van der Waals surface area contributed by atoms with Gasteiger partial charge in [-0.3, -0.25) is 9.59 Å². The topological polar surface area (TPSA) is 95.9 Å². The molecule has 2 heterocycles. The summed E-state index contributed by atoms with van der Waals surface area (Å²) in [4.78, 5) is 36.3. The Bertz CT molecular complexity index is 1160. The number of fused-ring (bicyclic) bond motifs is 3. The Labute approximate surface area is 212 Å². The van der Waals surface area contributed by atoms with Crippen LogP contribution >= 0.6 is 0 Å². The summed E-state index contributed by atoms with van der Waals surface area (Å²) in [6, 6.07) is 5.47. The maximum absolute atomic E-state index is 12.9. The molecule has 1 aliphatic heterocycles. The smallest absolute Gasteiger partial charge is 0.343 e. The second-order valence-electron chi connectivity index (χ2n) is 10.2.